The molecule has 1 heterocycles. The van der Waals surface area contributed by atoms with Crippen LogP contribution >= 0.6 is 0 Å². The SMILES string of the molecule is COc1ccc(C2Nc3ccccc3C(=O)N2C(C)C)cc1. The number of hydrogen-bond donors (Lipinski definition) is 1. The fraction of sp³-hybridized carbons (Fsp3) is 0.278. The van der Waals surface area contributed by atoms with E-state index in [2.05, 4.69) is 5.32 Å². The number of carbonyl (C=O) groups is 1. The molecule has 0 saturated heterocycles. The van der Waals surface area contributed by atoms with E-state index in [0.717, 1.165) is 22.6 Å². The Morgan fingerprint density at radius 1 is 1.09 bits per heavy atom. The molecular weight excluding hydrogens is 276 g/mol. The number of fused-ring (bicyclic) bond motifs is 1. The molecule has 0 bridgehead atoms. The third-order valence-corrected chi connectivity index (χ3v) is 3.95. The number of methoxy groups -OCH3 is 1. The summed E-state index contributed by atoms with van der Waals surface area (Å²) in [7, 11) is 1.65. The Labute approximate surface area is 130 Å². The molecule has 3 rings (SSSR count). The number of rotatable bonds is 3. The predicted molar refractivity (Wildman–Crippen MR) is 87.1 cm³/mol. The summed E-state index contributed by atoms with van der Waals surface area (Å²) < 4.78 is 5.21. The van der Waals surface area contributed by atoms with Crippen LogP contribution in [-0.2, 0) is 0 Å². The van der Waals surface area contributed by atoms with Crippen LogP contribution in [0.2, 0.25) is 0 Å². The Bertz CT molecular complexity index is 680. The lowest BCUT2D eigenvalue weighted by molar-refractivity contribution is 0.0617. The Morgan fingerprint density at radius 3 is 2.41 bits per heavy atom. The van der Waals surface area contributed by atoms with Crippen molar-refractivity contribution in [2.24, 2.45) is 0 Å². The molecule has 1 amide bonds. The quantitative estimate of drug-likeness (QED) is 0.939. The first-order valence-electron chi connectivity index (χ1n) is 7.44. The Balaban J connectivity index is 2.03. The standard InChI is InChI=1S/C18H20N2O2/c1-12(2)20-17(13-8-10-14(22-3)11-9-13)19-16-7-5-4-6-15(16)18(20)21/h4-12,17,19H,1-3H3. The van der Waals surface area contributed by atoms with Crippen LogP contribution in [0.3, 0.4) is 0 Å². The molecule has 0 aromatic heterocycles. The van der Waals surface area contributed by atoms with E-state index in [1.807, 2.05) is 67.3 Å². The van der Waals surface area contributed by atoms with Crippen molar-refractivity contribution in [3.05, 3.63) is 59.7 Å². The van der Waals surface area contributed by atoms with Gasteiger partial charge in [-0.1, -0.05) is 24.3 Å². The highest BCUT2D eigenvalue weighted by atomic mass is 16.5. The lowest BCUT2D eigenvalue weighted by atomic mass is 10.0. The van der Waals surface area contributed by atoms with Gasteiger partial charge in [0, 0.05) is 11.7 Å². The summed E-state index contributed by atoms with van der Waals surface area (Å²) in [5.41, 5.74) is 2.64. The maximum absolute atomic E-state index is 12.8. The van der Waals surface area contributed by atoms with Crippen molar-refractivity contribution in [3.8, 4) is 5.75 Å². The van der Waals surface area contributed by atoms with Gasteiger partial charge in [-0.05, 0) is 43.7 Å². The maximum atomic E-state index is 12.8. The third kappa shape index (κ3) is 2.41. The van der Waals surface area contributed by atoms with E-state index in [4.69, 9.17) is 4.74 Å². The monoisotopic (exact) mass is 296 g/mol. The number of hydrogen-bond acceptors (Lipinski definition) is 3. The van der Waals surface area contributed by atoms with Gasteiger partial charge in [-0.2, -0.15) is 0 Å². The molecule has 4 nitrogen and oxygen atoms in total. The van der Waals surface area contributed by atoms with Crippen molar-refractivity contribution in [1.29, 1.82) is 0 Å². The maximum Gasteiger partial charge on any atom is 0.258 e. The van der Waals surface area contributed by atoms with Crippen LogP contribution in [0.15, 0.2) is 48.5 Å². The highest BCUT2D eigenvalue weighted by Crippen LogP contribution is 2.34. The molecule has 0 spiro atoms. The third-order valence-electron chi connectivity index (χ3n) is 3.95. The van der Waals surface area contributed by atoms with Crippen molar-refractivity contribution in [2.45, 2.75) is 26.1 Å². The van der Waals surface area contributed by atoms with Gasteiger partial charge < -0.3 is 15.0 Å². The molecule has 22 heavy (non-hydrogen) atoms. The van der Waals surface area contributed by atoms with Crippen LogP contribution in [0.1, 0.15) is 35.9 Å². The molecule has 2 aromatic carbocycles. The largest absolute Gasteiger partial charge is 0.497 e. The van der Waals surface area contributed by atoms with Gasteiger partial charge in [-0.15, -0.1) is 0 Å². The first-order valence-corrected chi connectivity index (χ1v) is 7.44. The van der Waals surface area contributed by atoms with E-state index < -0.39 is 0 Å². The number of anilines is 1. The predicted octanol–water partition coefficient (Wildman–Crippen LogP) is 3.67. The highest BCUT2D eigenvalue weighted by molar-refractivity contribution is 6.01. The minimum absolute atomic E-state index is 0.0603. The van der Waals surface area contributed by atoms with Crippen molar-refractivity contribution >= 4 is 11.6 Å². The van der Waals surface area contributed by atoms with Gasteiger partial charge in [0.05, 0.1) is 12.7 Å². The van der Waals surface area contributed by atoms with Crippen molar-refractivity contribution in [1.82, 2.24) is 4.90 Å². The van der Waals surface area contributed by atoms with Gasteiger partial charge in [0.1, 0.15) is 11.9 Å². The zero-order valence-electron chi connectivity index (χ0n) is 13.0. The Kier molecular flexibility index (Phi) is 3.75. The molecule has 1 atom stereocenters. The number of para-hydroxylation sites is 1. The number of nitrogens with one attached hydrogen (secondary N) is 1. The van der Waals surface area contributed by atoms with E-state index >= 15 is 0 Å². The summed E-state index contributed by atoms with van der Waals surface area (Å²) in [6, 6.07) is 15.6. The summed E-state index contributed by atoms with van der Waals surface area (Å²) in [6.07, 6.45) is -0.173. The lowest BCUT2D eigenvalue weighted by Crippen LogP contribution is -2.46. The Hall–Kier alpha value is -2.49. The fourth-order valence-corrected chi connectivity index (χ4v) is 2.83. The van der Waals surface area contributed by atoms with Gasteiger partial charge in [-0.3, -0.25) is 4.79 Å². The molecule has 4 heteroatoms. The molecule has 1 aliphatic heterocycles. The van der Waals surface area contributed by atoms with Crippen LogP contribution in [0, 0.1) is 0 Å². The molecule has 1 unspecified atom stereocenters. The van der Waals surface area contributed by atoms with E-state index in [0.29, 0.717) is 0 Å². The minimum atomic E-state index is -0.173. The Morgan fingerprint density at radius 2 is 1.77 bits per heavy atom. The molecule has 0 aliphatic carbocycles. The molecule has 0 fully saturated rings. The van der Waals surface area contributed by atoms with Crippen LogP contribution in [0.5, 0.6) is 5.75 Å². The van der Waals surface area contributed by atoms with E-state index in [1.165, 1.54) is 0 Å². The number of amides is 1. The molecule has 114 valence electrons. The van der Waals surface area contributed by atoms with Crippen molar-refractivity contribution in [3.63, 3.8) is 0 Å². The van der Waals surface area contributed by atoms with Gasteiger partial charge in [0.15, 0.2) is 0 Å². The summed E-state index contributed by atoms with van der Waals surface area (Å²) in [6.45, 7) is 4.06. The lowest BCUT2D eigenvalue weighted by Gasteiger charge is -2.40. The normalized spacial score (nSPS) is 17.2. The summed E-state index contributed by atoms with van der Waals surface area (Å²) in [4.78, 5) is 14.7. The second-order valence-corrected chi connectivity index (χ2v) is 5.67. The van der Waals surface area contributed by atoms with Crippen LogP contribution < -0.4 is 10.1 Å². The number of nitrogens with zero attached hydrogens (tertiary/aromatic N) is 1. The molecule has 0 radical (unpaired) electrons. The van der Waals surface area contributed by atoms with Gasteiger partial charge in [0.2, 0.25) is 0 Å². The topological polar surface area (TPSA) is 41.6 Å². The first kappa shape index (κ1) is 14.4. The number of benzene rings is 2. The molecular formula is C18H20N2O2. The first-order chi connectivity index (χ1) is 10.6. The molecule has 1 N–H and O–H groups in total. The molecule has 0 saturated carbocycles. The zero-order valence-corrected chi connectivity index (χ0v) is 13.0. The van der Waals surface area contributed by atoms with Gasteiger partial charge in [0.25, 0.3) is 5.91 Å². The highest BCUT2D eigenvalue weighted by Gasteiger charge is 2.34. The average Bonchev–Trinajstić information content (AvgIpc) is 2.54. The second kappa shape index (κ2) is 5.72. The van der Waals surface area contributed by atoms with Crippen molar-refractivity contribution in [2.75, 3.05) is 12.4 Å². The second-order valence-electron chi connectivity index (χ2n) is 5.67. The summed E-state index contributed by atoms with van der Waals surface area (Å²) >= 11 is 0. The number of ether oxygens (including phenoxy) is 1. The van der Waals surface area contributed by atoms with Gasteiger partial charge >= 0.3 is 0 Å². The molecule has 1 aliphatic rings. The summed E-state index contributed by atoms with van der Waals surface area (Å²) in [5.74, 6) is 0.868. The number of carbonyl (C=O) groups excluding carboxylic acids is 1. The van der Waals surface area contributed by atoms with Crippen molar-refractivity contribution < 1.29 is 9.53 Å². The molecule has 2 aromatic rings. The van der Waals surface area contributed by atoms with E-state index in [9.17, 15) is 4.79 Å². The zero-order chi connectivity index (χ0) is 15.7. The minimum Gasteiger partial charge on any atom is -0.497 e. The van der Waals surface area contributed by atoms with Gasteiger partial charge in [-0.25, -0.2) is 0 Å². The van der Waals surface area contributed by atoms with E-state index in [-0.39, 0.29) is 18.1 Å². The fourth-order valence-electron chi connectivity index (χ4n) is 2.83. The van der Waals surface area contributed by atoms with Crippen LogP contribution in [0.4, 0.5) is 5.69 Å². The summed E-state index contributed by atoms with van der Waals surface area (Å²) in [5, 5.41) is 3.48. The average molecular weight is 296 g/mol. The van der Waals surface area contributed by atoms with Crippen LogP contribution in [0.25, 0.3) is 0 Å². The smallest absolute Gasteiger partial charge is 0.258 e. The van der Waals surface area contributed by atoms with Crippen LogP contribution in [-0.4, -0.2) is 24.0 Å². The van der Waals surface area contributed by atoms with E-state index in [1.54, 1.807) is 7.11 Å².